The van der Waals surface area contributed by atoms with Crippen molar-refractivity contribution in [2.24, 2.45) is 16.6 Å². The number of amides is 1. The Kier molecular flexibility index (Phi) is 4.46. The molecule has 4 rings (SSSR count). The van der Waals surface area contributed by atoms with Gasteiger partial charge in [-0.2, -0.15) is 0 Å². The van der Waals surface area contributed by atoms with Crippen molar-refractivity contribution >= 4 is 17.6 Å². The minimum atomic E-state index is -1.01. The van der Waals surface area contributed by atoms with Crippen LogP contribution in [0.2, 0.25) is 0 Å². The van der Waals surface area contributed by atoms with Crippen molar-refractivity contribution < 1.29 is 23.0 Å². The number of anilines is 1. The third-order valence-corrected chi connectivity index (χ3v) is 5.09. The van der Waals surface area contributed by atoms with Crippen molar-refractivity contribution in [1.29, 1.82) is 0 Å². The maximum Gasteiger partial charge on any atom is 0.283 e. The molecular formula is C19H18F2N4O3. The Labute approximate surface area is 159 Å². The molecule has 0 saturated carbocycles. The highest BCUT2D eigenvalue weighted by Gasteiger charge is 2.50. The van der Waals surface area contributed by atoms with Crippen LogP contribution >= 0.6 is 0 Å². The molecule has 0 radical (unpaired) electrons. The highest BCUT2D eigenvalue weighted by molar-refractivity contribution is 6.02. The van der Waals surface area contributed by atoms with Crippen molar-refractivity contribution in [2.45, 2.75) is 18.6 Å². The van der Waals surface area contributed by atoms with Crippen molar-refractivity contribution in [1.82, 2.24) is 4.98 Å². The van der Waals surface area contributed by atoms with E-state index in [1.54, 1.807) is 6.92 Å². The summed E-state index contributed by atoms with van der Waals surface area (Å²) in [5, 5.41) is 2.64. The van der Waals surface area contributed by atoms with E-state index in [9.17, 15) is 13.6 Å². The second kappa shape index (κ2) is 6.83. The molecule has 0 unspecified atom stereocenters. The fourth-order valence-electron chi connectivity index (χ4n) is 3.62. The first kappa shape index (κ1) is 18.3. The van der Waals surface area contributed by atoms with E-state index in [1.807, 2.05) is 0 Å². The first-order valence-electron chi connectivity index (χ1n) is 8.69. The zero-order valence-corrected chi connectivity index (χ0v) is 15.0. The molecule has 7 nitrogen and oxygen atoms in total. The van der Waals surface area contributed by atoms with Crippen molar-refractivity contribution in [3.8, 4) is 0 Å². The van der Waals surface area contributed by atoms with Gasteiger partial charge in [0, 0.05) is 11.3 Å². The third kappa shape index (κ3) is 3.18. The van der Waals surface area contributed by atoms with Gasteiger partial charge in [-0.15, -0.1) is 0 Å². The van der Waals surface area contributed by atoms with Gasteiger partial charge in [-0.05, 0) is 37.3 Å². The topological polar surface area (TPSA) is 98.8 Å². The monoisotopic (exact) mass is 388 g/mol. The molecule has 3 heterocycles. The number of aromatic nitrogens is 1. The number of pyridine rings is 1. The lowest BCUT2D eigenvalue weighted by Crippen LogP contribution is -2.47. The van der Waals surface area contributed by atoms with Gasteiger partial charge in [0.25, 0.3) is 11.9 Å². The summed E-state index contributed by atoms with van der Waals surface area (Å²) in [5.41, 5.74) is 5.45. The summed E-state index contributed by atoms with van der Waals surface area (Å²) in [6.07, 6.45) is 0.634. The number of nitrogens with one attached hydrogen (secondary N) is 1. The lowest BCUT2D eigenvalue weighted by molar-refractivity contribution is 0.0817. The summed E-state index contributed by atoms with van der Waals surface area (Å²) >= 11 is 0. The molecule has 2 aliphatic heterocycles. The molecule has 9 heteroatoms. The number of nitrogens with two attached hydrogens (primary N) is 1. The van der Waals surface area contributed by atoms with Crippen molar-refractivity contribution in [3.05, 3.63) is 59.4 Å². The fourth-order valence-corrected chi connectivity index (χ4v) is 3.62. The quantitative estimate of drug-likeness (QED) is 0.840. The smallest absolute Gasteiger partial charge is 0.283 e. The maximum atomic E-state index is 14.7. The number of ether oxygens (including phenoxy) is 2. The number of amidine groups is 1. The van der Waals surface area contributed by atoms with Crippen LogP contribution in [0.5, 0.6) is 0 Å². The Bertz CT molecular complexity index is 951. The van der Waals surface area contributed by atoms with Gasteiger partial charge < -0.3 is 20.5 Å². The average Bonchev–Trinajstić information content (AvgIpc) is 3.13. The van der Waals surface area contributed by atoms with E-state index in [1.165, 1.54) is 24.3 Å². The van der Waals surface area contributed by atoms with E-state index >= 15 is 0 Å². The highest BCUT2D eigenvalue weighted by atomic mass is 19.1. The summed E-state index contributed by atoms with van der Waals surface area (Å²) in [6.45, 7) is 2.47. The van der Waals surface area contributed by atoms with Gasteiger partial charge in [0.05, 0.1) is 30.9 Å². The average molecular weight is 388 g/mol. The van der Waals surface area contributed by atoms with Crippen LogP contribution in [0.3, 0.4) is 0 Å². The number of carbonyl (C=O) groups is 1. The Balaban J connectivity index is 1.66. The van der Waals surface area contributed by atoms with Gasteiger partial charge in [0.1, 0.15) is 23.4 Å². The van der Waals surface area contributed by atoms with Crippen LogP contribution in [0.1, 0.15) is 23.0 Å². The molecule has 0 bridgehead atoms. The van der Waals surface area contributed by atoms with Crippen LogP contribution < -0.4 is 11.1 Å². The maximum absolute atomic E-state index is 14.7. The summed E-state index contributed by atoms with van der Waals surface area (Å²) in [5.74, 6) is -1.79. The van der Waals surface area contributed by atoms with Crippen LogP contribution in [-0.2, 0) is 15.0 Å². The molecule has 1 aromatic carbocycles. The fraction of sp³-hybridized carbons (Fsp3) is 0.316. The van der Waals surface area contributed by atoms with E-state index in [2.05, 4.69) is 15.3 Å². The number of hydrogen-bond donors (Lipinski definition) is 2. The molecule has 146 valence electrons. The molecule has 0 spiro atoms. The molecule has 3 N–H and O–H groups in total. The van der Waals surface area contributed by atoms with E-state index in [0.717, 1.165) is 12.3 Å². The third-order valence-electron chi connectivity index (χ3n) is 5.09. The Morgan fingerprint density at radius 3 is 2.86 bits per heavy atom. The standard InChI is InChI=1S/C19H18F2N4O3/c1-19(13-8-27-9-16(13)28-18(22)25-19)12-6-11(3-4-14(12)21)24-17(26)15-5-2-10(20)7-23-15/h2-7,13,16H,8-9H2,1H3,(H2,22,25)(H,24,26)/t13-,16+,19+/m0/s1. The predicted octanol–water partition coefficient (Wildman–Crippen LogP) is 2.19. The summed E-state index contributed by atoms with van der Waals surface area (Å²) in [7, 11) is 0. The van der Waals surface area contributed by atoms with Gasteiger partial charge in [-0.3, -0.25) is 4.79 Å². The number of hydrogen-bond acceptors (Lipinski definition) is 6. The van der Waals surface area contributed by atoms with Gasteiger partial charge in [-0.25, -0.2) is 18.8 Å². The summed E-state index contributed by atoms with van der Waals surface area (Å²) in [4.78, 5) is 20.4. The number of benzene rings is 1. The number of rotatable bonds is 3. The Morgan fingerprint density at radius 1 is 1.29 bits per heavy atom. The van der Waals surface area contributed by atoms with Crippen molar-refractivity contribution in [3.63, 3.8) is 0 Å². The molecule has 1 saturated heterocycles. The van der Waals surface area contributed by atoms with Crippen LogP contribution in [0.15, 0.2) is 41.5 Å². The van der Waals surface area contributed by atoms with E-state index < -0.39 is 23.1 Å². The number of halogens is 2. The van der Waals surface area contributed by atoms with Crippen LogP contribution in [0.4, 0.5) is 14.5 Å². The zero-order chi connectivity index (χ0) is 19.9. The lowest BCUT2D eigenvalue weighted by atomic mass is 9.77. The van der Waals surface area contributed by atoms with E-state index in [-0.39, 0.29) is 29.3 Å². The Morgan fingerprint density at radius 2 is 2.11 bits per heavy atom. The number of fused-ring (bicyclic) bond motifs is 1. The SMILES string of the molecule is C[C@]1(c2cc(NC(=O)c3ccc(F)cn3)ccc2F)N=C(N)O[C@@H]2COC[C@@H]21. The van der Waals surface area contributed by atoms with Crippen LogP contribution in [-0.4, -0.2) is 36.2 Å². The lowest BCUT2D eigenvalue weighted by Gasteiger charge is -2.38. The Hall–Kier alpha value is -3.07. The largest absolute Gasteiger partial charge is 0.459 e. The molecule has 1 fully saturated rings. The van der Waals surface area contributed by atoms with Gasteiger partial charge >= 0.3 is 0 Å². The van der Waals surface area contributed by atoms with Gasteiger partial charge in [0.2, 0.25) is 0 Å². The number of nitrogens with zero attached hydrogens (tertiary/aromatic N) is 2. The van der Waals surface area contributed by atoms with Crippen LogP contribution in [0, 0.1) is 17.6 Å². The predicted molar refractivity (Wildman–Crippen MR) is 96.7 cm³/mol. The normalized spacial score (nSPS) is 26.2. The second-order valence-corrected chi connectivity index (χ2v) is 6.91. The highest BCUT2D eigenvalue weighted by Crippen LogP contribution is 2.43. The van der Waals surface area contributed by atoms with Crippen LogP contribution in [0.25, 0.3) is 0 Å². The first-order valence-corrected chi connectivity index (χ1v) is 8.69. The molecule has 0 aliphatic carbocycles. The molecule has 3 atom stereocenters. The van der Waals surface area contributed by atoms with E-state index in [0.29, 0.717) is 18.9 Å². The summed E-state index contributed by atoms with van der Waals surface area (Å²) in [6, 6.07) is 6.56. The zero-order valence-electron chi connectivity index (χ0n) is 15.0. The molecule has 1 aromatic heterocycles. The number of carbonyl (C=O) groups excluding carboxylic acids is 1. The minimum absolute atomic E-state index is 0.0291. The number of aliphatic imine (C=N–C) groups is 1. The molecular weight excluding hydrogens is 370 g/mol. The van der Waals surface area contributed by atoms with Gasteiger partial charge in [0.15, 0.2) is 0 Å². The first-order chi connectivity index (χ1) is 13.4. The second-order valence-electron chi connectivity index (χ2n) is 6.91. The van der Waals surface area contributed by atoms with Crippen molar-refractivity contribution in [2.75, 3.05) is 18.5 Å². The molecule has 1 amide bonds. The molecule has 2 aromatic rings. The van der Waals surface area contributed by atoms with E-state index in [4.69, 9.17) is 15.2 Å². The summed E-state index contributed by atoms with van der Waals surface area (Å²) < 4.78 is 38.7. The minimum Gasteiger partial charge on any atom is -0.459 e. The van der Waals surface area contributed by atoms with Gasteiger partial charge in [-0.1, -0.05) is 0 Å². The molecule has 28 heavy (non-hydrogen) atoms. The molecule has 2 aliphatic rings.